The van der Waals surface area contributed by atoms with E-state index < -0.39 is 0 Å². The van der Waals surface area contributed by atoms with Crippen molar-refractivity contribution in [2.45, 2.75) is 34.6 Å². The molecule has 0 bridgehead atoms. The van der Waals surface area contributed by atoms with Crippen LogP contribution in [0.3, 0.4) is 0 Å². The molecule has 2 aromatic heterocycles. The van der Waals surface area contributed by atoms with Gasteiger partial charge in [-0.3, -0.25) is 0 Å². The first-order valence-electron chi connectivity index (χ1n) is 8.95. The zero-order valence-corrected chi connectivity index (χ0v) is 16.2. The Labute approximate surface area is 155 Å². The van der Waals surface area contributed by atoms with Gasteiger partial charge in [-0.15, -0.1) is 0 Å². The van der Waals surface area contributed by atoms with Crippen molar-refractivity contribution >= 4 is 28.2 Å². The van der Waals surface area contributed by atoms with E-state index in [1.807, 2.05) is 6.92 Å². The fraction of sp³-hybridized carbons (Fsp3) is 0.526. The fourth-order valence-electron chi connectivity index (χ4n) is 3.04. The Morgan fingerprint density at radius 3 is 2.19 bits per heavy atom. The molecule has 0 aromatic carbocycles. The molecular formula is C19H28N6O. The summed E-state index contributed by atoms with van der Waals surface area (Å²) in [6, 6.07) is 4.01. The maximum Gasteiger partial charge on any atom is 0.215 e. The Morgan fingerprint density at radius 2 is 1.69 bits per heavy atom. The molecule has 0 unspecified atom stereocenters. The summed E-state index contributed by atoms with van der Waals surface area (Å²) in [5.74, 6) is 2.30. The maximum atomic E-state index is 9.88. The number of hydrogen-bond donors (Lipinski definition) is 2. The second kappa shape index (κ2) is 8.09. The summed E-state index contributed by atoms with van der Waals surface area (Å²) in [7, 11) is 0. The smallest absolute Gasteiger partial charge is 0.215 e. The largest absolute Gasteiger partial charge is 0.478 e. The molecule has 0 saturated heterocycles. The lowest BCUT2D eigenvalue weighted by Crippen LogP contribution is -2.33. The summed E-state index contributed by atoms with van der Waals surface area (Å²) in [4.78, 5) is 10.9. The van der Waals surface area contributed by atoms with Gasteiger partial charge in [0.2, 0.25) is 5.88 Å². The van der Waals surface area contributed by atoms with E-state index in [9.17, 15) is 5.26 Å². The molecule has 7 nitrogen and oxygen atoms in total. The Hall–Kier alpha value is -2.75. The average molecular weight is 356 g/mol. The first-order valence-corrected chi connectivity index (χ1v) is 8.95. The minimum Gasteiger partial charge on any atom is -0.478 e. The molecule has 0 spiro atoms. The second-order valence-electron chi connectivity index (χ2n) is 7.20. The molecule has 7 heteroatoms. The minimum atomic E-state index is 0.221. The number of anilines is 3. The molecule has 0 amide bonds. The van der Waals surface area contributed by atoms with Gasteiger partial charge in [0.25, 0.3) is 0 Å². The van der Waals surface area contributed by atoms with Crippen LogP contribution in [0, 0.1) is 23.2 Å². The van der Waals surface area contributed by atoms with Crippen LogP contribution in [-0.2, 0) is 0 Å². The van der Waals surface area contributed by atoms with Crippen LogP contribution >= 0.6 is 0 Å². The molecular weight excluding hydrogens is 328 g/mol. The molecule has 2 aromatic rings. The molecule has 0 atom stereocenters. The molecule has 2 heterocycles. The summed E-state index contributed by atoms with van der Waals surface area (Å²) >= 11 is 0. The van der Waals surface area contributed by atoms with Gasteiger partial charge < -0.3 is 21.1 Å². The summed E-state index contributed by atoms with van der Waals surface area (Å²) in [5.41, 5.74) is 12.7. The molecule has 2 rings (SSSR count). The summed E-state index contributed by atoms with van der Waals surface area (Å²) < 4.78 is 5.49. The van der Waals surface area contributed by atoms with E-state index in [2.05, 4.69) is 48.6 Å². The van der Waals surface area contributed by atoms with Gasteiger partial charge in [0.1, 0.15) is 29.1 Å². The third kappa shape index (κ3) is 4.07. The van der Waals surface area contributed by atoms with E-state index in [0.29, 0.717) is 46.5 Å². The number of nitrogens with zero attached hydrogens (tertiary/aromatic N) is 4. The monoisotopic (exact) mass is 356 g/mol. The Morgan fingerprint density at radius 1 is 1.12 bits per heavy atom. The number of hydrogen-bond acceptors (Lipinski definition) is 7. The highest BCUT2D eigenvalue weighted by Crippen LogP contribution is 2.35. The first kappa shape index (κ1) is 19.6. The highest BCUT2D eigenvalue weighted by Gasteiger charge is 2.22. The van der Waals surface area contributed by atoms with E-state index in [-0.39, 0.29) is 11.6 Å². The van der Waals surface area contributed by atoms with Crippen molar-refractivity contribution in [1.82, 2.24) is 9.97 Å². The van der Waals surface area contributed by atoms with Crippen LogP contribution < -0.4 is 21.1 Å². The van der Waals surface area contributed by atoms with Gasteiger partial charge in [-0.2, -0.15) is 10.2 Å². The maximum absolute atomic E-state index is 9.88. The van der Waals surface area contributed by atoms with Crippen molar-refractivity contribution in [2.24, 2.45) is 11.8 Å². The summed E-state index contributed by atoms with van der Waals surface area (Å²) in [5, 5.41) is 11.0. The lowest BCUT2D eigenvalue weighted by Gasteiger charge is -2.29. The lowest BCUT2D eigenvalue weighted by molar-refractivity contribution is 0.328. The van der Waals surface area contributed by atoms with Gasteiger partial charge >= 0.3 is 0 Å². The number of nitriles is 1. The third-order valence-electron chi connectivity index (χ3n) is 3.87. The Bertz CT molecular complexity index is 815. The van der Waals surface area contributed by atoms with Crippen LogP contribution in [0.5, 0.6) is 5.88 Å². The van der Waals surface area contributed by atoms with Crippen molar-refractivity contribution in [3.63, 3.8) is 0 Å². The fourth-order valence-corrected chi connectivity index (χ4v) is 3.04. The number of nitrogens with two attached hydrogens (primary N) is 2. The zero-order valence-electron chi connectivity index (χ0n) is 16.2. The van der Waals surface area contributed by atoms with Crippen molar-refractivity contribution in [3.8, 4) is 11.9 Å². The predicted octanol–water partition coefficient (Wildman–Crippen LogP) is 3.18. The molecule has 26 heavy (non-hydrogen) atoms. The predicted molar refractivity (Wildman–Crippen MR) is 106 cm³/mol. The highest BCUT2D eigenvalue weighted by molar-refractivity contribution is 6.04. The van der Waals surface area contributed by atoms with Gasteiger partial charge in [-0.25, -0.2) is 4.98 Å². The van der Waals surface area contributed by atoms with Crippen molar-refractivity contribution in [1.29, 1.82) is 5.26 Å². The quantitative estimate of drug-likeness (QED) is 0.783. The SMILES string of the molecule is CCOc1cc2c(C#N)c(N(CC(C)C)CC(C)C)nc(N)c2c(N)n1. The van der Waals surface area contributed by atoms with Gasteiger partial charge in [0.05, 0.1) is 12.0 Å². The van der Waals surface area contributed by atoms with Crippen LogP contribution in [0.15, 0.2) is 6.07 Å². The van der Waals surface area contributed by atoms with Crippen molar-refractivity contribution in [3.05, 3.63) is 11.6 Å². The highest BCUT2D eigenvalue weighted by atomic mass is 16.5. The van der Waals surface area contributed by atoms with Crippen LogP contribution in [0.25, 0.3) is 10.8 Å². The lowest BCUT2D eigenvalue weighted by atomic mass is 10.1. The molecule has 0 aliphatic rings. The Balaban J connectivity index is 2.75. The normalized spacial score (nSPS) is 11.2. The summed E-state index contributed by atoms with van der Waals surface area (Å²) in [6.07, 6.45) is 0. The van der Waals surface area contributed by atoms with E-state index in [0.717, 1.165) is 13.1 Å². The second-order valence-corrected chi connectivity index (χ2v) is 7.20. The zero-order chi connectivity index (χ0) is 19.4. The molecule has 140 valence electrons. The molecule has 0 radical (unpaired) electrons. The van der Waals surface area contributed by atoms with Gasteiger partial charge in [-0.1, -0.05) is 27.7 Å². The number of ether oxygens (including phenoxy) is 1. The van der Waals surface area contributed by atoms with Gasteiger partial charge in [0, 0.05) is 24.5 Å². The van der Waals surface area contributed by atoms with Gasteiger partial charge in [0.15, 0.2) is 0 Å². The molecule has 0 fully saturated rings. The Kier molecular flexibility index (Phi) is 6.09. The van der Waals surface area contributed by atoms with Gasteiger partial charge in [-0.05, 0) is 18.8 Å². The third-order valence-corrected chi connectivity index (χ3v) is 3.87. The van der Waals surface area contributed by atoms with Crippen LogP contribution in [0.1, 0.15) is 40.2 Å². The molecule has 4 N–H and O–H groups in total. The number of aromatic nitrogens is 2. The average Bonchev–Trinajstić information content (AvgIpc) is 2.53. The van der Waals surface area contributed by atoms with Crippen LogP contribution in [0.4, 0.5) is 17.5 Å². The van der Waals surface area contributed by atoms with E-state index in [1.54, 1.807) is 6.07 Å². The van der Waals surface area contributed by atoms with Crippen molar-refractivity contribution < 1.29 is 4.74 Å². The molecule has 0 aliphatic carbocycles. The van der Waals surface area contributed by atoms with Crippen LogP contribution in [-0.4, -0.2) is 29.7 Å². The van der Waals surface area contributed by atoms with E-state index in [4.69, 9.17) is 16.2 Å². The van der Waals surface area contributed by atoms with Crippen molar-refractivity contribution in [2.75, 3.05) is 36.1 Å². The number of fused-ring (bicyclic) bond motifs is 1. The van der Waals surface area contributed by atoms with E-state index in [1.165, 1.54) is 0 Å². The number of nitrogen functional groups attached to an aromatic ring is 2. The standard InChI is InChI=1S/C19H28N6O/c1-6-26-15-7-13-14(8-20)19(24-18(22)16(13)17(21)23-15)25(9-11(2)3)10-12(4)5/h7,11-12H,6,9-10H2,1-5H3,(H2,21,23)(H2,22,24). The topological polar surface area (TPSA) is 114 Å². The minimum absolute atomic E-state index is 0.221. The summed E-state index contributed by atoms with van der Waals surface area (Å²) in [6.45, 7) is 12.4. The number of rotatable bonds is 7. The van der Waals surface area contributed by atoms with E-state index >= 15 is 0 Å². The number of pyridine rings is 2. The molecule has 0 saturated carbocycles. The van der Waals surface area contributed by atoms with Crippen LogP contribution in [0.2, 0.25) is 0 Å². The first-order chi connectivity index (χ1) is 12.3. The molecule has 0 aliphatic heterocycles.